The minimum Gasteiger partial charge on any atom is -0.372 e. The zero-order valence-electron chi connectivity index (χ0n) is 13.3. The Hall–Kier alpha value is -2.56. The van der Waals surface area contributed by atoms with Gasteiger partial charge < -0.3 is 9.80 Å². The topological polar surface area (TPSA) is 49.6 Å². The zero-order valence-corrected chi connectivity index (χ0v) is 13.3. The van der Waals surface area contributed by atoms with Crippen molar-refractivity contribution in [1.29, 1.82) is 0 Å². The fourth-order valence-corrected chi connectivity index (χ4v) is 2.99. The molecule has 0 aliphatic carbocycles. The molecule has 1 fully saturated rings. The van der Waals surface area contributed by atoms with Gasteiger partial charge in [0.25, 0.3) is 5.69 Å². The van der Waals surface area contributed by atoms with E-state index in [0.717, 1.165) is 24.5 Å². The van der Waals surface area contributed by atoms with Gasteiger partial charge in [-0.3, -0.25) is 10.1 Å². The van der Waals surface area contributed by atoms with Crippen LogP contribution in [0.5, 0.6) is 0 Å². The van der Waals surface area contributed by atoms with E-state index in [1.54, 1.807) is 12.1 Å². The van der Waals surface area contributed by atoms with Crippen molar-refractivity contribution in [2.24, 2.45) is 0 Å². The molecule has 2 aromatic carbocycles. The number of benzene rings is 2. The number of nitrogens with zero attached hydrogens (tertiary/aromatic N) is 3. The van der Waals surface area contributed by atoms with Crippen molar-refractivity contribution >= 4 is 22.7 Å². The van der Waals surface area contributed by atoms with Crippen LogP contribution in [0.25, 0.3) is 0 Å². The average Bonchev–Trinajstić information content (AvgIpc) is 2.62. The maximum Gasteiger partial charge on any atom is 0.269 e. The highest BCUT2D eigenvalue weighted by Crippen LogP contribution is 2.28. The molecule has 3 rings (SSSR count). The molecule has 0 saturated carbocycles. The van der Waals surface area contributed by atoms with Crippen molar-refractivity contribution in [3.8, 4) is 0 Å². The molecule has 0 aromatic heterocycles. The maximum absolute atomic E-state index is 10.7. The minimum absolute atomic E-state index is 0.114. The van der Waals surface area contributed by atoms with E-state index in [0.29, 0.717) is 0 Å². The number of hydrogen-bond donors (Lipinski definition) is 0. The number of hydrogen-bond acceptors (Lipinski definition) is 4. The Morgan fingerprint density at radius 1 is 0.913 bits per heavy atom. The first-order chi connectivity index (χ1) is 11.1. The Labute approximate surface area is 136 Å². The Bertz CT molecular complexity index is 662. The van der Waals surface area contributed by atoms with Crippen molar-refractivity contribution in [2.75, 3.05) is 29.9 Å². The first-order valence-electron chi connectivity index (χ1n) is 7.98. The van der Waals surface area contributed by atoms with Gasteiger partial charge >= 0.3 is 0 Å². The molecule has 0 N–H and O–H groups in total. The number of nitro groups is 1. The molecule has 1 saturated heterocycles. The lowest BCUT2D eigenvalue weighted by Crippen LogP contribution is -2.29. The smallest absolute Gasteiger partial charge is 0.269 e. The molecule has 5 nitrogen and oxygen atoms in total. The summed E-state index contributed by atoms with van der Waals surface area (Å²) >= 11 is 0. The number of nitro benzene ring substituents is 1. The fraction of sp³-hybridized carbons (Fsp3) is 0.333. The summed E-state index contributed by atoms with van der Waals surface area (Å²) in [5.41, 5.74) is 3.38. The molecule has 0 spiro atoms. The van der Waals surface area contributed by atoms with Crippen LogP contribution in [0.4, 0.5) is 22.7 Å². The highest BCUT2D eigenvalue weighted by molar-refractivity contribution is 5.66. The molecule has 0 unspecified atom stereocenters. The molecule has 2 aromatic rings. The summed E-state index contributed by atoms with van der Waals surface area (Å²) in [5, 5.41) is 10.7. The third kappa shape index (κ3) is 3.44. The molecule has 0 amide bonds. The van der Waals surface area contributed by atoms with Crippen LogP contribution in [0.2, 0.25) is 0 Å². The van der Waals surface area contributed by atoms with Crippen LogP contribution in [0.3, 0.4) is 0 Å². The van der Waals surface area contributed by atoms with Crippen LogP contribution in [0, 0.1) is 10.1 Å². The summed E-state index contributed by atoms with van der Waals surface area (Å²) in [5.74, 6) is 0. The van der Waals surface area contributed by atoms with Crippen LogP contribution < -0.4 is 9.80 Å². The van der Waals surface area contributed by atoms with Gasteiger partial charge in [0.15, 0.2) is 0 Å². The van der Waals surface area contributed by atoms with Crippen LogP contribution in [-0.4, -0.2) is 25.1 Å². The monoisotopic (exact) mass is 311 g/mol. The van der Waals surface area contributed by atoms with Crippen LogP contribution in [-0.2, 0) is 0 Å². The number of non-ortho nitro benzene ring substituents is 1. The predicted octanol–water partition coefficient (Wildman–Crippen LogP) is 4.35. The molecule has 120 valence electrons. The SMILES string of the molecule is CN(c1ccc(N2CCCCC2)cc1)c1ccc([N+](=O)[O-])cc1. The van der Waals surface area contributed by atoms with E-state index in [1.807, 2.05) is 11.9 Å². The Balaban J connectivity index is 1.74. The molecule has 0 radical (unpaired) electrons. The quantitative estimate of drug-likeness (QED) is 0.622. The first-order valence-corrected chi connectivity index (χ1v) is 7.98. The molecule has 5 heteroatoms. The lowest BCUT2D eigenvalue weighted by Gasteiger charge is -2.29. The third-order valence-electron chi connectivity index (χ3n) is 4.41. The van der Waals surface area contributed by atoms with Crippen LogP contribution in [0.15, 0.2) is 48.5 Å². The zero-order chi connectivity index (χ0) is 16.2. The van der Waals surface area contributed by atoms with Crippen molar-refractivity contribution in [3.63, 3.8) is 0 Å². The van der Waals surface area contributed by atoms with Gasteiger partial charge in [0.2, 0.25) is 0 Å². The summed E-state index contributed by atoms with van der Waals surface area (Å²) in [6.45, 7) is 2.27. The summed E-state index contributed by atoms with van der Waals surface area (Å²) in [6.07, 6.45) is 3.87. The fourth-order valence-electron chi connectivity index (χ4n) is 2.99. The van der Waals surface area contributed by atoms with Gasteiger partial charge in [-0.15, -0.1) is 0 Å². The standard InChI is InChI=1S/C18H21N3O2/c1-19(16-7-11-18(12-8-16)21(22)23)15-5-9-17(10-6-15)20-13-3-2-4-14-20/h5-12H,2-4,13-14H2,1H3. The minimum atomic E-state index is -0.378. The molecule has 0 atom stereocenters. The number of rotatable bonds is 4. The number of piperidine rings is 1. The van der Waals surface area contributed by atoms with Gasteiger partial charge in [-0.25, -0.2) is 0 Å². The average molecular weight is 311 g/mol. The Kier molecular flexibility index (Phi) is 4.46. The third-order valence-corrected chi connectivity index (χ3v) is 4.41. The largest absolute Gasteiger partial charge is 0.372 e. The van der Waals surface area contributed by atoms with E-state index in [4.69, 9.17) is 0 Å². The van der Waals surface area contributed by atoms with Gasteiger partial charge in [-0.05, 0) is 55.7 Å². The summed E-state index contributed by atoms with van der Waals surface area (Å²) in [7, 11) is 1.97. The molecular formula is C18H21N3O2. The lowest BCUT2D eigenvalue weighted by molar-refractivity contribution is -0.384. The molecular weight excluding hydrogens is 290 g/mol. The highest BCUT2D eigenvalue weighted by Gasteiger charge is 2.12. The molecule has 1 aliphatic heterocycles. The van der Waals surface area contributed by atoms with Crippen molar-refractivity contribution < 1.29 is 4.92 Å². The normalized spacial score (nSPS) is 14.6. The van der Waals surface area contributed by atoms with E-state index < -0.39 is 0 Å². The summed E-state index contributed by atoms with van der Waals surface area (Å²) in [4.78, 5) is 14.8. The Morgan fingerprint density at radius 3 is 1.96 bits per heavy atom. The van der Waals surface area contributed by atoms with Crippen LogP contribution in [0.1, 0.15) is 19.3 Å². The summed E-state index contributed by atoms with van der Waals surface area (Å²) < 4.78 is 0. The molecule has 1 aliphatic rings. The first kappa shape index (κ1) is 15.3. The molecule has 0 bridgehead atoms. The second-order valence-corrected chi connectivity index (χ2v) is 5.90. The van der Waals surface area contributed by atoms with E-state index in [-0.39, 0.29) is 10.6 Å². The van der Waals surface area contributed by atoms with E-state index in [2.05, 4.69) is 29.2 Å². The van der Waals surface area contributed by atoms with Gasteiger partial charge in [-0.1, -0.05) is 0 Å². The van der Waals surface area contributed by atoms with Gasteiger partial charge in [0.05, 0.1) is 4.92 Å². The molecule has 1 heterocycles. The van der Waals surface area contributed by atoms with E-state index in [9.17, 15) is 10.1 Å². The van der Waals surface area contributed by atoms with E-state index in [1.165, 1.54) is 37.1 Å². The molecule has 23 heavy (non-hydrogen) atoms. The van der Waals surface area contributed by atoms with E-state index >= 15 is 0 Å². The highest BCUT2D eigenvalue weighted by atomic mass is 16.6. The summed E-state index contributed by atoms with van der Waals surface area (Å²) in [6, 6.07) is 15.1. The second kappa shape index (κ2) is 6.69. The number of anilines is 3. The van der Waals surface area contributed by atoms with Gasteiger partial charge in [-0.2, -0.15) is 0 Å². The predicted molar refractivity (Wildman–Crippen MR) is 93.7 cm³/mol. The van der Waals surface area contributed by atoms with Gasteiger partial charge in [0, 0.05) is 49.3 Å². The van der Waals surface area contributed by atoms with Gasteiger partial charge in [0.1, 0.15) is 0 Å². The van der Waals surface area contributed by atoms with Crippen molar-refractivity contribution in [2.45, 2.75) is 19.3 Å². The Morgan fingerprint density at radius 2 is 1.43 bits per heavy atom. The van der Waals surface area contributed by atoms with Crippen LogP contribution >= 0.6 is 0 Å². The van der Waals surface area contributed by atoms with Crippen molar-refractivity contribution in [1.82, 2.24) is 0 Å². The van der Waals surface area contributed by atoms with Crippen molar-refractivity contribution in [3.05, 3.63) is 58.6 Å². The lowest BCUT2D eigenvalue weighted by atomic mass is 10.1. The second-order valence-electron chi connectivity index (χ2n) is 5.90. The maximum atomic E-state index is 10.7.